The molecule has 2 bridgehead atoms. The van der Waals surface area contributed by atoms with Crippen LogP contribution in [0, 0.1) is 6.92 Å². The maximum absolute atomic E-state index is 5.74. The standard InChI is InChI=1S/C20H25N3O/c1-13(2)24-17-7-4-15(5-8-17)12-23-16-6-9-20(23)18-11-21-14(3)22-19(18)10-16/h4-5,7-8,11,13,16,20H,6,9-10,12H2,1-3H3/t16-,20+/m1/s1. The van der Waals surface area contributed by atoms with Crippen molar-refractivity contribution in [2.45, 2.75) is 64.8 Å². The van der Waals surface area contributed by atoms with Crippen molar-refractivity contribution < 1.29 is 4.74 Å². The highest BCUT2D eigenvalue weighted by Gasteiger charge is 2.40. The Labute approximate surface area is 143 Å². The van der Waals surface area contributed by atoms with Gasteiger partial charge in [0.25, 0.3) is 0 Å². The average molecular weight is 323 g/mol. The van der Waals surface area contributed by atoms with Crippen molar-refractivity contribution in [3.63, 3.8) is 0 Å². The number of rotatable bonds is 4. The minimum atomic E-state index is 0.216. The molecule has 1 saturated heterocycles. The van der Waals surface area contributed by atoms with Crippen molar-refractivity contribution in [1.82, 2.24) is 14.9 Å². The molecule has 126 valence electrons. The molecule has 0 aliphatic carbocycles. The fourth-order valence-electron chi connectivity index (χ4n) is 4.08. The molecule has 0 radical (unpaired) electrons. The fourth-order valence-corrected chi connectivity index (χ4v) is 4.08. The Bertz CT molecular complexity index is 726. The first-order valence-electron chi connectivity index (χ1n) is 8.94. The molecule has 0 N–H and O–H groups in total. The summed E-state index contributed by atoms with van der Waals surface area (Å²) in [6, 6.07) is 9.65. The lowest BCUT2D eigenvalue weighted by atomic mass is 9.98. The third-order valence-electron chi connectivity index (χ3n) is 5.11. The number of ether oxygens (including phenoxy) is 1. The Kier molecular flexibility index (Phi) is 4.01. The monoisotopic (exact) mass is 323 g/mol. The highest BCUT2D eigenvalue weighted by atomic mass is 16.5. The number of fused-ring (bicyclic) bond motifs is 4. The van der Waals surface area contributed by atoms with Gasteiger partial charge in [-0.3, -0.25) is 4.90 Å². The zero-order chi connectivity index (χ0) is 16.7. The molecule has 2 atom stereocenters. The second kappa shape index (κ2) is 6.17. The van der Waals surface area contributed by atoms with Gasteiger partial charge in [0.1, 0.15) is 11.6 Å². The molecule has 4 heteroatoms. The molecule has 1 aromatic heterocycles. The number of aryl methyl sites for hydroxylation is 1. The van der Waals surface area contributed by atoms with Crippen LogP contribution in [-0.2, 0) is 13.0 Å². The first-order valence-corrected chi connectivity index (χ1v) is 8.94. The maximum atomic E-state index is 5.74. The minimum Gasteiger partial charge on any atom is -0.491 e. The second-order valence-corrected chi connectivity index (χ2v) is 7.25. The summed E-state index contributed by atoms with van der Waals surface area (Å²) in [4.78, 5) is 11.8. The van der Waals surface area contributed by atoms with E-state index in [0.717, 1.165) is 24.5 Å². The van der Waals surface area contributed by atoms with Gasteiger partial charge >= 0.3 is 0 Å². The van der Waals surface area contributed by atoms with E-state index in [4.69, 9.17) is 4.74 Å². The minimum absolute atomic E-state index is 0.216. The summed E-state index contributed by atoms with van der Waals surface area (Å²) in [5, 5.41) is 0. The first kappa shape index (κ1) is 15.6. The largest absolute Gasteiger partial charge is 0.491 e. The van der Waals surface area contributed by atoms with Crippen LogP contribution in [0.2, 0.25) is 0 Å². The molecule has 1 fully saturated rings. The molecule has 0 unspecified atom stereocenters. The molecular weight excluding hydrogens is 298 g/mol. The zero-order valence-electron chi connectivity index (χ0n) is 14.7. The van der Waals surface area contributed by atoms with Crippen molar-refractivity contribution >= 4 is 0 Å². The number of nitrogens with zero attached hydrogens (tertiary/aromatic N) is 3. The van der Waals surface area contributed by atoms with E-state index in [2.05, 4.69) is 59.2 Å². The number of benzene rings is 1. The Balaban J connectivity index is 1.52. The number of aromatic nitrogens is 2. The average Bonchev–Trinajstić information content (AvgIpc) is 2.82. The van der Waals surface area contributed by atoms with Gasteiger partial charge in [-0.1, -0.05) is 12.1 Å². The summed E-state index contributed by atoms with van der Waals surface area (Å²) in [5.41, 5.74) is 3.96. The Hall–Kier alpha value is -1.94. The van der Waals surface area contributed by atoms with Crippen LogP contribution >= 0.6 is 0 Å². The van der Waals surface area contributed by atoms with Gasteiger partial charge in [-0.05, 0) is 51.3 Å². The molecule has 2 aliphatic heterocycles. The smallest absolute Gasteiger partial charge is 0.125 e. The van der Waals surface area contributed by atoms with Crippen molar-refractivity contribution in [1.29, 1.82) is 0 Å². The van der Waals surface area contributed by atoms with Crippen LogP contribution in [0.15, 0.2) is 30.5 Å². The molecular formula is C20H25N3O. The van der Waals surface area contributed by atoms with Crippen molar-refractivity contribution in [3.8, 4) is 5.75 Å². The van der Waals surface area contributed by atoms with Crippen LogP contribution in [0.3, 0.4) is 0 Å². The summed E-state index contributed by atoms with van der Waals surface area (Å²) < 4.78 is 5.74. The molecule has 24 heavy (non-hydrogen) atoms. The molecule has 3 heterocycles. The second-order valence-electron chi connectivity index (χ2n) is 7.25. The summed E-state index contributed by atoms with van der Waals surface area (Å²) in [6.07, 6.45) is 5.81. The third kappa shape index (κ3) is 2.91. The van der Waals surface area contributed by atoms with Crippen molar-refractivity contribution in [2.24, 2.45) is 0 Å². The van der Waals surface area contributed by atoms with Gasteiger partial charge < -0.3 is 4.74 Å². The molecule has 4 rings (SSSR count). The summed E-state index contributed by atoms with van der Waals surface area (Å²) in [7, 11) is 0. The third-order valence-corrected chi connectivity index (χ3v) is 5.11. The van der Waals surface area contributed by atoms with Gasteiger partial charge in [-0.2, -0.15) is 0 Å². The van der Waals surface area contributed by atoms with Crippen LogP contribution in [0.5, 0.6) is 5.75 Å². The van der Waals surface area contributed by atoms with Crippen LogP contribution in [0.25, 0.3) is 0 Å². The highest BCUT2D eigenvalue weighted by Crippen LogP contribution is 2.43. The van der Waals surface area contributed by atoms with Crippen molar-refractivity contribution in [3.05, 3.63) is 53.1 Å². The SMILES string of the molecule is Cc1ncc2c(n1)C[C@H]1CC[C@@H]2N1Cc1ccc(OC(C)C)cc1. The van der Waals surface area contributed by atoms with E-state index in [0.29, 0.717) is 12.1 Å². The van der Waals surface area contributed by atoms with Gasteiger partial charge in [-0.25, -0.2) is 9.97 Å². The Morgan fingerprint density at radius 3 is 2.75 bits per heavy atom. The number of hydrogen-bond acceptors (Lipinski definition) is 4. The lowest BCUT2D eigenvalue weighted by molar-refractivity contribution is 0.166. The molecule has 0 spiro atoms. The Morgan fingerprint density at radius 2 is 2.00 bits per heavy atom. The van der Waals surface area contributed by atoms with Crippen molar-refractivity contribution in [2.75, 3.05) is 0 Å². The van der Waals surface area contributed by atoms with Gasteiger partial charge in [0.15, 0.2) is 0 Å². The van der Waals surface area contributed by atoms with Gasteiger partial charge in [0.2, 0.25) is 0 Å². The fraction of sp³-hybridized carbons (Fsp3) is 0.500. The molecule has 0 amide bonds. The van der Waals surface area contributed by atoms with E-state index in [-0.39, 0.29) is 6.10 Å². The molecule has 0 saturated carbocycles. The zero-order valence-corrected chi connectivity index (χ0v) is 14.7. The topological polar surface area (TPSA) is 38.2 Å². The van der Waals surface area contributed by atoms with Crippen LogP contribution in [-0.4, -0.2) is 27.0 Å². The Morgan fingerprint density at radius 1 is 1.21 bits per heavy atom. The van der Waals surface area contributed by atoms with Crippen LogP contribution < -0.4 is 4.74 Å². The van der Waals surface area contributed by atoms with Crippen LogP contribution in [0.1, 0.15) is 55.4 Å². The summed E-state index contributed by atoms with van der Waals surface area (Å²) in [5.74, 6) is 1.84. The predicted molar refractivity (Wildman–Crippen MR) is 94.0 cm³/mol. The van der Waals surface area contributed by atoms with Gasteiger partial charge in [-0.15, -0.1) is 0 Å². The summed E-state index contributed by atoms with van der Waals surface area (Å²) >= 11 is 0. The molecule has 4 nitrogen and oxygen atoms in total. The maximum Gasteiger partial charge on any atom is 0.125 e. The normalized spacial score (nSPS) is 22.7. The van der Waals surface area contributed by atoms with Crippen LogP contribution in [0.4, 0.5) is 0 Å². The van der Waals surface area contributed by atoms with Gasteiger partial charge in [0, 0.05) is 36.8 Å². The highest BCUT2D eigenvalue weighted by molar-refractivity contribution is 5.31. The van der Waals surface area contributed by atoms with E-state index in [1.807, 2.05) is 6.92 Å². The van der Waals surface area contributed by atoms with E-state index >= 15 is 0 Å². The van der Waals surface area contributed by atoms with E-state index in [9.17, 15) is 0 Å². The lowest BCUT2D eigenvalue weighted by Gasteiger charge is -2.35. The predicted octanol–water partition coefficient (Wildman–Crippen LogP) is 3.83. The van der Waals surface area contributed by atoms with E-state index in [1.165, 1.54) is 29.7 Å². The number of hydrogen-bond donors (Lipinski definition) is 0. The van der Waals surface area contributed by atoms with E-state index < -0.39 is 0 Å². The quantitative estimate of drug-likeness (QED) is 0.857. The lowest BCUT2D eigenvalue weighted by Crippen LogP contribution is -2.37. The first-order chi connectivity index (χ1) is 11.6. The molecule has 2 aliphatic rings. The molecule has 2 aromatic rings. The molecule has 1 aromatic carbocycles. The van der Waals surface area contributed by atoms with Gasteiger partial charge in [0.05, 0.1) is 11.8 Å². The van der Waals surface area contributed by atoms with E-state index in [1.54, 1.807) is 0 Å². The summed E-state index contributed by atoms with van der Waals surface area (Å²) in [6.45, 7) is 7.08.